The lowest BCUT2D eigenvalue weighted by atomic mass is 10.2. The fourth-order valence-electron chi connectivity index (χ4n) is 3.89. The van der Waals surface area contributed by atoms with Crippen LogP contribution in [-0.4, -0.2) is 34.6 Å². The third-order valence-electron chi connectivity index (χ3n) is 5.66. The van der Waals surface area contributed by atoms with Crippen molar-refractivity contribution in [2.45, 2.75) is 20.0 Å². The van der Waals surface area contributed by atoms with Gasteiger partial charge in [0.2, 0.25) is 5.82 Å². The number of rotatable bonds is 7. The molecule has 0 saturated heterocycles. The second-order valence-corrected chi connectivity index (χ2v) is 9.57. The van der Waals surface area contributed by atoms with Gasteiger partial charge in [0.05, 0.1) is 28.2 Å². The van der Waals surface area contributed by atoms with E-state index in [1.165, 1.54) is 10.9 Å². The number of esters is 1. The van der Waals surface area contributed by atoms with Gasteiger partial charge >= 0.3 is 5.97 Å². The van der Waals surface area contributed by atoms with Crippen LogP contribution in [0.2, 0.25) is 5.02 Å². The van der Waals surface area contributed by atoms with Gasteiger partial charge in [-0.1, -0.05) is 41.9 Å². The monoisotopic (exact) mass is 593 g/mol. The number of aromatic nitrogens is 2. The molecule has 0 saturated carbocycles. The number of furan rings is 1. The van der Waals surface area contributed by atoms with Crippen LogP contribution in [0.3, 0.4) is 0 Å². The molecule has 0 bridgehead atoms. The molecule has 1 atom stereocenters. The molecule has 0 spiro atoms. The van der Waals surface area contributed by atoms with Gasteiger partial charge in [-0.25, -0.2) is 9.78 Å². The van der Waals surface area contributed by atoms with E-state index in [-0.39, 0.29) is 18.0 Å². The van der Waals surface area contributed by atoms with E-state index in [1.54, 1.807) is 44.2 Å². The van der Waals surface area contributed by atoms with Crippen molar-refractivity contribution >= 4 is 61.6 Å². The quantitative estimate of drug-likeness (QED) is 0.159. The van der Waals surface area contributed by atoms with Gasteiger partial charge in [-0.15, -0.1) is 0 Å². The Labute approximate surface area is 230 Å². The molecule has 10 heteroatoms. The van der Waals surface area contributed by atoms with Crippen LogP contribution in [0, 0.1) is 0 Å². The number of carbonyl (C=O) groups excluding carboxylic acids is 1. The summed E-state index contributed by atoms with van der Waals surface area (Å²) < 4.78 is 18.6. The van der Waals surface area contributed by atoms with Crippen molar-refractivity contribution in [3.63, 3.8) is 0 Å². The minimum absolute atomic E-state index is 0.226. The lowest BCUT2D eigenvalue weighted by Crippen LogP contribution is -2.26. The predicted octanol–water partition coefficient (Wildman–Crippen LogP) is 6.44. The molecule has 3 aromatic carbocycles. The zero-order chi connectivity index (χ0) is 26.8. The average molecular weight is 595 g/mol. The summed E-state index contributed by atoms with van der Waals surface area (Å²) >= 11 is 9.74. The van der Waals surface area contributed by atoms with Crippen LogP contribution in [0.15, 0.2) is 85.5 Å². The Morgan fingerprint density at radius 1 is 1.18 bits per heavy atom. The Morgan fingerprint density at radius 2 is 1.95 bits per heavy atom. The van der Waals surface area contributed by atoms with E-state index in [1.807, 2.05) is 36.4 Å². The molecular weight excluding hydrogens is 574 g/mol. The molecule has 0 amide bonds. The normalized spacial score (nSPS) is 12.3. The van der Waals surface area contributed by atoms with E-state index >= 15 is 0 Å². The smallest absolute Gasteiger partial charge is 0.347 e. The van der Waals surface area contributed by atoms with Crippen LogP contribution in [0.5, 0.6) is 5.75 Å². The lowest BCUT2D eigenvalue weighted by Gasteiger charge is -2.17. The molecular formula is C28H21BrClN3O5. The van der Waals surface area contributed by atoms with Crippen LogP contribution < -0.4 is 10.3 Å². The highest BCUT2D eigenvalue weighted by Crippen LogP contribution is 2.33. The first-order valence-corrected chi connectivity index (χ1v) is 12.9. The maximum absolute atomic E-state index is 13.6. The second kappa shape index (κ2) is 10.8. The number of para-hydroxylation sites is 2. The number of nitrogens with zero attached hydrogens (tertiary/aromatic N) is 3. The summed E-state index contributed by atoms with van der Waals surface area (Å²) in [7, 11) is 0. The lowest BCUT2D eigenvalue weighted by molar-refractivity contribution is -0.150. The standard InChI is InChI=1S/C28H21BrClN3O5/c1-3-36-28(35)16(2)37-25-18(12-19(30)14-21(25)29)15-31-33-26(24-13-17-8-4-7-11-23(17)38-24)32-22-10-6-5-9-20(22)27(33)34/h4-16H,3H2,1-2H3/t16-/m0/s1. The van der Waals surface area contributed by atoms with Gasteiger partial charge in [-0.3, -0.25) is 4.79 Å². The fourth-order valence-corrected chi connectivity index (χ4v) is 4.81. The van der Waals surface area contributed by atoms with Crippen molar-refractivity contribution in [1.82, 2.24) is 9.66 Å². The number of fused-ring (bicyclic) bond motifs is 2. The number of halogens is 2. The van der Waals surface area contributed by atoms with E-state index in [2.05, 4.69) is 21.0 Å². The summed E-state index contributed by atoms with van der Waals surface area (Å²) in [6.45, 7) is 3.53. The second-order valence-electron chi connectivity index (χ2n) is 8.28. The molecule has 192 valence electrons. The zero-order valence-electron chi connectivity index (χ0n) is 20.4. The molecule has 0 fully saturated rings. The molecule has 0 aliphatic rings. The summed E-state index contributed by atoms with van der Waals surface area (Å²) in [5.74, 6) is 0.403. The van der Waals surface area contributed by atoms with Crippen molar-refractivity contribution < 1.29 is 18.7 Å². The summed E-state index contributed by atoms with van der Waals surface area (Å²) in [5.41, 5.74) is 1.21. The van der Waals surface area contributed by atoms with Crippen molar-refractivity contribution in [3.8, 4) is 17.3 Å². The van der Waals surface area contributed by atoms with E-state index in [0.29, 0.717) is 43.1 Å². The molecule has 0 radical (unpaired) electrons. The zero-order valence-corrected chi connectivity index (χ0v) is 22.7. The van der Waals surface area contributed by atoms with E-state index in [4.69, 9.17) is 30.5 Å². The number of benzene rings is 3. The van der Waals surface area contributed by atoms with E-state index in [0.717, 1.165) is 5.39 Å². The molecule has 0 N–H and O–H groups in total. The Bertz CT molecular complexity index is 1730. The molecule has 2 aromatic heterocycles. The minimum Gasteiger partial charge on any atom is -0.477 e. The van der Waals surface area contributed by atoms with Crippen LogP contribution >= 0.6 is 27.5 Å². The Balaban J connectivity index is 1.65. The van der Waals surface area contributed by atoms with E-state index in [9.17, 15) is 9.59 Å². The number of ether oxygens (including phenoxy) is 2. The summed E-state index contributed by atoms with van der Waals surface area (Å²) in [6.07, 6.45) is 0.532. The minimum atomic E-state index is -0.893. The van der Waals surface area contributed by atoms with E-state index < -0.39 is 12.1 Å². The maximum Gasteiger partial charge on any atom is 0.347 e. The van der Waals surface area contributed by atoms with Gasteiger partial charge in [-0.2, -0.15) is 9.78 Å². The summed E-state index contributed by atoms with van der Waals surface area (Å²) in [4.78, 5) is 30.4. The molecule has 38 heavy (non-hydrogen) atoms. The van der Waals surface area contributed by atoms with Gasteiger partial charge in [0.25, 0.3) is 5.56 Å². The average Bonchev–Trinajstić information content (AvgIpc) is 3.34. The van der Waals surface area contributed by atoms with Crippen molar-refractivity contribution in [2.75, 3.05) is 6.61 Å². The van der Waals surface area contributed by atoms with Crippen LogP contribution in [0.4, 0.5) is 0 Å². The fraction of sp³-hybridized carbons (Fsp3) is 0.143. The first kappa shape index (κ1) is 25.7. The first-order valence-electron chi connectivity index (χ1n) is 11.7. The summed E-state index contributed by atoms with van der Waals surface area (Å²) in [6, 6.07) is 19.6. The van der Waals surface area contributed by atoms with Gasteiger partial charge in [0, 0.05) is 16.0 Å². The third kappa shape index (κ3) is 5.07. The van der Waals surface area contributed by atoms with Gasteiger partial charge in [0.1, 0.15) is 11.3 Å². The van der Waals surface area contributed by atoms with Gasteiger partial charge in [0.15, 0.2) is 11.9 Å². The van der Waals surface area contributed by atoms with Crippen molar-refractivity contribution in [2.24, 2.45) is 5.10 Å². The van der Waals surface area contributed by atoms with Crippen LogP contribution in [0.1, 0.15) is 19.4 Å². The number of hydrogen-bond donors (Lipinski definition) is 0. The molecule has 5 aromatic rings. The van der Waals surface area contributed by atoms with Crippen LogP contribution in [-0.2, 0) is 9.53 Å². The summed E-state index contributed by atoms with van der Waals surface area (Å²) in [5, 5.41) is 6.14. The molecule has 8 nitrogen and oxygen atoms in total. The highest BCUT2D eigenvalue weighted by atomic mass is 79.9. The number of hydrogen-bond acceptors (Lipinski definition) is 7. The largest absolute Gasteiger partial charge is 0.477 e. The molecule has 2 heterocycles. The van der Waals surface area contributed by atoms with Crippen molar-refractivity contribution in [3.05, 3.63) is 92.1 Å². The Hall–Kier alpha value is -3.95. The SMILES string of the molecule is CCOC(=O)[C@H](C)Oc1c(Br)cc(Cl)cc1C=Nn1c(-c2cc3ccccc3o2)nc2ccccc2c1=O. The molecule has 0 unspecified atom stereocenters. The molecule has 0 aliphatic carbocycles. The molecule has 5 rings (SSSR count). The van der Waals surface area contributed by atoms with Gasteiger partial charge in [-0.05, 0) is 66.2 Å². The third-order valence-corrected chi connectivity index (χ3v) is 6.47. The number of carbonyl (C=O) groups is 1. The van der Waals surface area contributed by atoms with Crippen LogP contribution in [0.25, 0.3) is 33.5 Å². The first-order chi connectivity index (χ1) is 18.4. The highest BCUT2D eigenvalue weighted by molar-refractivity contribution is 9.10. The maximum atomic E-state index is 13.6. The highest BCUT2D eigenvalue weighted by Gasteiger charge is 2.20. The Morgan fingerprint density at radius 3 is 2.74 bits per heavy atom. The Kier molecular flexibility index (Phi) is 7.31. The van der Waals surface area contributed by atoms with Crippen molar-refractivity contribution in [1.29, 1.82) is 0 Å². The predicted molar refractivity (Wildman–Crippen MR) is 150 cm³/mol. The topological polar surface area (TPSA) is 95.9 Å². The van der Waals surface area contributed by atoms with Gasteiger partial charge < -0.3 is 13.9 Å². The molecule has 0 aliphatic heterocycles.